The molecule has 0 aromatic carbocycles. The van der Waals surface area contributed by atoms with Crippen molar-refractivity contribution in [2.24, 2.45) is 11.1 Å². The molecular formula is C11H22N2O3. The van der Waals surface area contributed by atoms with Crippen LogP contribution in [0.15, 0.2) is 0 Å². The molecule has 0 aromatic heterocycles. The van der Waals surface area contributed by atoms with Gasteiger partial charge >= 0.3 is 0 Å². The Bertz CT molecular complexity index is 246. The highest BCUT2D eigenvalue weighted by Gasteiger charge is 2.42. The molecule has 1 fully saturated rings. The second kappa shape index (κ2) is 5.12. The van der Waals surface area contributed by atoms with Crippen LogP contribution in [0.2, 0.25) is 0 Å². The van der Waals surface area contributed by atoms with Crippen LogP contribution in [0.1, 0.15) is 32.6 Å². The summed E-state index contributed by atoms with van der Waals surface area (Å²) < 4.78 is 0. The smallest absolute Gasteiger partial charge is 0.228 e. The number of nitrogens with one attached hydrogen (secondary N) is 1. The van der Waals surface area contributed by atoms with Crippen LogP contribution >= 0.6 is 0 Å². The number of aliphatic hydroxyl groups excluding tert-OH is 2. The lowest BCUT2D eigenvalue weighted by atomic mass is 9.84. The molecule has 94 valence electrons. The van der Waals surface area contributed by atoms with Gasteiger partial charge in [-0.2, -0.15) is 0 Å². The molecule has 1 amide bonds. The molecule has 0 aliphatic heterocycles. The van der Waals surface area contributed by atoms with Gasteiger partial charge in [-0.05, 0) is 19.8 Å². The summed E-state index contributed by atoms with van der Waals surface area (Å²) in [7, 11) is 0. The number of rotatable bonds is 5. The van der Waals surface area contributed by atoms with E-state index in [-0.39, 0.29) is 19.1 Å². The molecule has 0 atom stereocenters. The Hall–Kier alpha value is -0.650. The van der Waals surface area contributed by atoms with E-state index in [9.17, 15) is 4.79 Å². The molecule has 0 aromatic rings. The SMILES string of the molecule is CC(CO)(CO)NC(=O)C1(CN)CCCC1. The summed E-state index contributed by atoms with van der Waals surface area (Å²) in [6.45, 7) is 1.38. The van der Waals surface area contributed by atoms with Crippen LogP contribution in [0, 0.1) is 5.41 Å². The second-order valence-corrected chi connectivity index (χ2v) is 5.02. The average molecular weight is 230 g/mol. The summed E-state index contributed by atoms with van der Waals surface area (Å²) >= 11 is 0. The molecule has 1 aliphatic carbocycles. The Morgan fingerprint density at radius 3 is 2.25 bits per heavy atom. The predicted octanol–water partition coefficient (Wildman–Crippen LogP) is -0.635. The normalized spacial score (nSPS) is 19.8. The van der Waals surface area contributed by atoms with Crippen LogP contribution in [0.25, 0.3) is 0 Å². The van der Waals surface area contributed by atoms with Crippen LogP contribution < -0.4 is 11.1 Å². The molecule has 1 saturated carbocycles. The highest BCUT2D eigenvalue weighted by molar-refractivity contribution is 5.83. The van der Waals surface area contributed by atoms with E-state index >= 15 is 0 Å². The largest absolute Gasteiger partial charge is 0.394 e. The molecule has 5 nitrogen and oxygen atoms in total. The van der Waals surface area contributed by atoms with Gasteiger partial charge in [-0.25, -0.2) is 0 Å². The van der Waals surface area contributed by atoms with Gasteiger partial charge in [-0.15, -0.1) is 0 Å². The molecule has 1 rings (SSSR count). The molecule has 0 saturated heterocycles. The maximum absolute atomic E-state index is 12.1. The van der Waals surface area contributed by atoms with Crippen molar-refractivity contribution in [3.8, 4) is 0 Å². The summed E-state index contributed by atoms with van der Waals surface area (Å²) in [4.78, 5) is 12.1. The Morgan fingerprint density at radius 1 is 1.38 bits per heavy atom. The predicted molar refractivity (Wildman–Crippen MR) is 60.7 cm³/mol. The fourth-order valence-corrected chi connectivity index (χ4v) is 2.11. The van der Waals surface area contributed by atoms with Crippen molar-refractivity contribution in [1.82, 2.24) is 5.32 Å². The van der Waals surface area contributed by atoms with Gasteiger partial charge in [-0.3, -0.25) is 4.79 Å². The van der Waals surface area contributed by atoms with Crippen molar-refractivity contribution < 1.29 is 15.0 Å². The number of amides is 1. The second-order valence-electron chi connectivity index (χ2n) is 5.02. The van der Waals surface area contributed by atoms with E-state index in [0.717, 1.165) is 25.7 Å². The van der Waals surface area contributed by atoms with E-state index in [0.29, 0.717) is 6.54 Å². The lowest BCUT2D eigenvalue weighted by molar-refractivity contribution is -0.133. The van der Waals surface area contributed by atoms with Crippen LogP contribution in [-0.2, 0) is 4.79 Å². The summed E-state index contributed by atoms with van der Waals surface area (Å²) in [6, 6.07) is 0. The topological polar surface area (TPSA) is 95.6 Å². The van der Waals surface area contributed by atoms with Gasteiger partial charge in [0.05, 0.1) is 24.2 Å². The maximum Gasteiger partial charge on any atom is 0.228 e. The minimum atomic E-state index is -0.957. The zero-order chi connectivity index (χ0) is 12.2. The van der Waals surface area contributed by atoms with Crippen molar-refractivity contribution in [2.45, 2.75) is 38.1 Å². The van der Waals surface area contributed by atoms with Crippen molar-refractivity contribution in [1.29, 1.82) is 0 Å². The first-order valence-electron chi connectivity index (χ1n) is 5.76. The minimum Gasteiger partial charge on any atom is -0.394 e. The summed E-state index contributed by atoms with van der Waals surface area (Å²) in [6.07, 6.45) is 3.61. The molecule has 1 aliphatic rings. The first-order valence-corrected chi connectivity index (χ1v) is 5.76. The Morgan fingerprint density at radius 2 is 1.88 bits per heavy atom. The van der Waals surface area contributed by atoms with Gasteiger partial charge in [0, 0.05) is 6.54 Å². The highest BCUT2D eigenvalue weighted by Crippen LogP contribution is 2.37. The quantitative estimate of drug-likeness (QED) is 0.505. The molecule has 0 unspecified atom stereocenters. The van der Waals surface area contributed by atoms with Crippen molar-refractivity contribution in [2.75, 3.05) is 19.8 Å². The molecule has 0 radical (unpaired) electrons. The molecule has 0 spiro atoms. The molecule has 16 heavy (non-hydrogen) atoms. The van der Waals surface area contributed by atoms with Crippen LogP contribution in [0.5, 0.6) is 0 Å². The van der Waals surface area contributed by atoms with E-state index < -0.39 is 11.0 Å². The lowest BCUT2D eigenvalue weighted by Crippen LogP contribution is -2.57. The third kappa shape index (κ3) is 2.53. The third-order valence-electron chi connectivity index (χ3n) is 3.55. The third-order valence-corrected chi connectivity index (χ3v) is 3.55. The first kappa shape index (κ1) is 13.4. The van der Waals surface area contributed by atoms with E-state index in [1.165, 1.54) is 0 Å². The standard InChI is InChI=1S/C11H22N2O3/c1-10(7-14,8-15)13-9(16)11(6-12)4-2-3-5-11/h14-15H,2-8,12H2,1H3,(H,13,16). The van der Waals surface area contributed by atoms with Gasteiger partial charge in [0.25, 0.3) is 0 Å². The summed E-state index contributed by atoms with van der Waals surface area (Å²) in [5.41, 5.74) is 4.23. The monoisotopic (exact) mass is 230 g/mol. The van der Waals surface area contributed by atoms with Crippen LogP contribution in [0.4, 0.5) is 0 Å². The zero-order valence-electron chi connectivity index (χ0n) is 9.83. The zero-order valence-corrected chi connectivity index (χ0v) is 9.83. The minimum absolute atomic E-state index is 0.141. The summed E-state index contributed by atoms with van der Waals surface area (Å²) in [5, 5.41) is 21.0. The fraction of sp³-hybridized carbons (Fsp3) is 0.909. The number of hydrogen-bond acceptors (Lipinski definition) is 4. The van der Waals surface area contributed by atoms with E-state index in [4.69, 9.17) is 15.9 Å². The average Bonchev–Trinajstić information content (AvgIpc) is 2.78. The van der Waals surface area contributed by atoms with Crippen LogP contribution in [-0.4, -0.2) is 41.4 Å². The Labute approximate surface area is 96.0 Å². The maximum atomic E-state index is 12.1. The van der Waals surface area contributed by atoms with Gasteiger partial charge in [0.15, 0.2) is 0 Å². The van der Waals surface area contributed by atoms with Crippen LogP contribution in [0.3, 0.4) is 0 Å². The number of carbonyl (C=O) groups excluding carboxylic acids is 1. The molecule has 5 heteroatoms. The van der Waals surface area contributed by atoms with Crippen molar-refractivity contribution in [3.05, 3.63) is 0 Å². The molecule has 0 bridgehead atoms. The Balaban J connectivity index is 2.70. The number of nitrogens with two attached hydrogens (primary N) is 1. The number of carbonyl (C=O) groups is 1. The molecular weight excluding hydrogens is 208 g/mol. The molecule has 0 heterocycles. The molecule has 5 N–H and O–H groups in total. The number of hydrogen-bond donors (Lipinski definition) is 4. The highest BCUT2D eigenvalue weighted by atomic mass is 16.3. The fourth-order valence-electron chi connectivity index (χ4n) is 2.11. The van der Waals surface area contributed by atoms with E-state index in [1.807, 2.05) is 0 Å². The Kier molecular flexibility index (Phi) is 4.29. The van der Waals surface area contributed by atoms with Gasteiger partial charge in [0.2, 0.25) is 5.91 Å². The number of aliphatic hydroxyl groups is 2. The van der Waals surface area contributed by atoms with Gasteiger partial charge in [-0.1, -0.05) is 12.8 Å². The summed E-state index contributed by atoms with van der Waals surface area (Å²) in [5.74, 6) is -0.141. The van der Waals surface area contributed by atoms with Crippen molar-refractivity contribution >= 4 is 5.91 Å². The van der Waals surface area contributed by atoms with Gasteiger partial charge < -0.3 is 21.3 Å². The van der Waals surface area contributed by atoms with E-state index in [1.54, 1.807) is 6.92 Å². The van der Waals surface area contributed by atoms with Gasteiger partial charge in [0.1, 0.15) is 0 Å². The van der Waals surface area contributed by atoms with Crippen molar-refractivity contribution in [3.63, 3.8) is 0 Å². The first-order chi connectivity index (χ1) is 7.52. The lowest BCUT2D eigenvalue weighted by Gasteiger charge is -2.33. The van der Waals surface area contributed by atoms with E-state index in [2.05, 4.69) is 5.32 Å².